The Balaban J connectivity index is 1.70. The summed E-state index contributed by atoms with van der Waals surface area (Å²) in [7, 11) is 3.09. The molecule has 1 N–H and O–H groups in total. The zero-order valence-corrected chi connectivity index (χ0v) is 13.9. The van der Waals surface area contributed by atoms with Gasteiger partial charge in [-0.15, -0.1) is 21.5 Å². The molecule has 0 aliphatic carbocycles. The molecule has 0 unspecified atom stereocenters. The molecular weight excluding hydrogens is 330 g/mol. The topological polar surface area (TPSA) is 91.2 Å². The Kier molecular flexibility index (Phi) is 4.71. The third-order valence-electron chi connectivity index (χ3n) is 3.16. The first-order chi connectivity index (χ1) is 11.7. The second-order valence-electron chi connectivity index (χ2n) is 4.74. The van der Waals surface area contributed by atoms with Gasteiger partial charge in [0.05, 0.1) is 24.8 Å². The van der Waals surface area contributed by atoms with Crippen LogP contribution in [0.5, 0.6) is 11.5 Å². The van der Waals surface area contributed by atoms with Gasteiger partial charge >= 0.3 is 0 Å². The number of anilines is 1. The van der Waals surface area contributed by atoms with E-state index in [9.17, 15) is 4.79 Å². The highest BCUT2D eigenvalue weighted by Crippen LogP contribution is 2.28. The van der Waals surface area contributed by atoms with Crippen LogP contribution in [-0.2, 0) is 11.3 Å². The Labute approximate surface area is 142 Å². The summed E-state index contributed by atoms with van der Waals surface area (Å²) < 4.78 is 10.4. The lowest BCUT2D eigenvalue weighted by molar-refractivity contribution is -0.117. The summed E-state index contributed by atoms with van der Waals surface area (Å²) in [5.41, 5.74) is 0.514. The lowest BCUT2D eigenvalue weighted by Gasteiger charge is -2.11. The van der Waals surface area contributed by atoms with Crippen LogP contribution >= 0.6 is 11.3 Å². The molecule has 1 amide bonds. The van der Waals surface area contributed by atoms with Crippen molar-refractivity contribution in [3.8, 4) is 22.2 Å². The summed E-state index contributed by atoms with van der Waals surface area (Å²) in [6.45, 7) is -0.0568. The molecule has 0 aliphatic heterocycles. The highest BCUT2D eigenvalue weighted by Gasteiger charge is 2.12. The molecule has 9 heteroatoms. The molecule has 1 aromatic carbocycles. The van der Waals surface area contributed by atoms with E-state index < -0.39 is 0 Å². The van der Waals surface area contributed by atoms with Crippen LogP contribution in [0.3, 0.4) is 0 Å². The third kappa shape index (κ3) is 3.51. The fourth-order valence-electron chi connectivity index (χ4n) is 2.04. The maximum absolute atomic E-state index is 12.2. The van der Waals surface area contributed by atoms with Gasteiger partial charge < -0.3 is 14.8 Å². The van der Waals surface area contributed by atoms with E-state index in [2.05, 4.69) is 20.7 Å². The van der Waals surface area contributed by atoms with Gasteiger partial charge in [0.1, 0.15) is 18.0 Å². The van der Waals surface area contributed by atoms with Gasteiger partial charge in [-0.3, -0.25) is 4.79 Å². The van der Waals surface area contributed by atoms with Crippen LogP contribution in [0.2, 0.25) is 0 Å². The van der Waals surface area contributed by atoms with E-state index in [4.69, 9.17) is 9.47 Å². The molecular formula is C15H15N5O3S. The Hall–Kier alpha value is -2.94. The molecule has 0 saturated heterocycles. The van der Waals surface area contributed by atoms with Crippen molar-refractivity contribution in [3.63, 3.8) is 0 Å². The predicted molar refractivity (Wildman–Crippen MR) is 89.3 cm³/mol. The van der Waals surface area contributed by atoms with Crippen molar-refractivity contribution in [2.45, 2.75) is 6.54 Å². The summed E-state index contributed by atoms with van der Waals surface area (Å²) in [6, 6.07) is 8.95. The van der Waals surface area contributed by atoms with E-state index in [1.54, 1.807) is 25.3 Å². The number of hydrogen-bond donors (Lipinski definition) is 1. The number of aromatic nitrogens is 4. The second-order valence-corrected chi connectivity index (χ2v) is 5.68. The standard InChI is InChI=1S/C15H15N5O3S/c1-22-10-5-6-12(23-2)11(8-10)16-14(21)9-20-18-15(17-19-20)13-4-3-7-24-13/h3-8H,9H2,1-2H3,(H,16,21). The molecule has 24 heavy (non-hydrogen) atoms. The molecule has 0 fully saturated rings. The average Bonchev–Trinajstić information content (AvgIpc) is 3.25. The maximum atomic E-state index is 12.2. The number of tetrazole rings is 1. The van der Waals surface area contributed by atoms with Crippen molar-refractivity contribution in [3.05, 3.63) is 35.7 Å². The molecule has 3 aromatic rings. The SMILES string of the molecule is COc1ccc(OC)c(NC(=O)Cn2nnc(-c3cccs3)n2)c1. The monoisotopic (exact) mass is 345 g/mol. The minimum Gasteiger partial charge on any atom is -0.497 e. The smallest absolute Gasteiger partial charge is 0.248 e. The Morgan fingerprint density at radius 1 is 1.29 bits per heavy atom. The van der Waals surface area contributed by atoms with E-state index in [1.807, 2.05) is 17.5 Å². The van der Waals surface area contributed by atoms with Gasteiger partial charge in [0, 0.05) is 6.07 Å². The summed E-state index contributed by atoms with van der Waals surface area (Å²) in [5.74, 6) is 1.35. The van der Waals surface area contributed by atoms with E-state index in [-0.39, 0.29) is 12.5 Å². The predicted octanol–water partition coefficient (Wildman–Crippen LogP) is 2.06. The number of ether oxygens (including phenoxy) is 2. The molecule has 2 aromatic heterocycles. The lowest BCUT2D eigenvalue weighted by atomic mass is 10.2. The first-order valence-corrected chi connectivity index (χ1v) is 7.91. The Bertz CT molecular complexity index is 832. The highest BCUT2D eigenvalue weighted by atomic mass is 32.1. The van der Waals surface area contributed by atoms with Crippen LogP contribution < -0.4 is 14.8 Å². The number of amides is 1. The number of benzene rings is 1. The number of nitrogens with zero attached hydrogens (tertiary/aromatic N) is 4. The third-order valence-corrected chi connectivity index (χ3v) is 4.03. The van der Waals surface area contributed by atoms with E-state index in [0.717, 1.165) is 4.88 Å². The van der Waals surface area contributed by atoms with Gasteiger partial charge in [0.25, 0.3) is 0 Å². The van der Waals surface area contributed by atoms with E-state index >= 15 is 0 Å². The quantitative estimate of drug-likeness (QED) is 0.735. The van der Waals surface area contributed by atoms with Crippen molar-refractivity contribution >= 4 is 22.9 Å². The summed E-state index contributed by atoms with van der Waals surface area (Å²) in [4.78, 5) is 14.4. The summed E-state index contributed by atoms with van der Waals surface area (Å²) >= 11 is 1.51. The molecule has 2 heterocycles. The molecule has 0 spiro atoms. The van der Waals surface area contributed by atoms with Crippen molar-refractivity contribution in [1.29, 1.82) is 0 Å². The average molecular weight is 345 g/mol. The minimum absolute atomic E-state index is 0.0568. The minimum atomic E-state index is -0.295. The van der Waals surface area contributed by atoms with Crippen LogP contribution in [0, 0.1) is 0 Å². The normalized spacial score (nSPS) is 10.4. The van der Waals surface area contributed by atoms with Crippen LogP contribution in [0.1, 0.15) is 0 Å². The van der Waals surface area contributed by atoms with Crippen LogP contribution in [0.4, 0.5) is 5.69 Å². The number of nitrogens with one attached hydrogen (secondary N) is 1. The second kappa shape index (κ2) is 7.09. The number of thiophene rings is 1. The fourth-order valence-corrected chi connectivity index (χ4v) is 2.69. The van der Waals surface area contributed by atoms with Crippen molar-refractivity contribution in [2.24, 2.45) is 0 Å². The molecule has 3 rings (SSSR count). The highest BCUT2D eigenvalue weighted by molar-refractivity contribution is 7.13. The van der Waals surface area contributed by atoms with Gasteiger partial charge in [0.15, 0.2) is 0 Å². The number of rotatable bonds is 6. The van der Waals surface area contributed by atoms with Crippen molar-refractivity contribution < 1.29 is 14.3 Å². The van der Waals surface area contributed by atoms with Gasteiger partial charge in [-0.2, -0.15) is 4.80 Å². The first-order valence-electron chi connectivity index (χ1n) is 7.03. The van der Waals surface area contributed by atoms with E-state index in [1.165, 1.54) is 23.2 Å². The van der Waals surface area contributed by atoms with Gasteiger partial charge in [-0.1, -0.05) is 6.07 Å². The molecule has 0 aliphatic rings. The molecule has 0 saturated carbocycles. The number of methoxy groups -OCH3 is 2. The van der Waals surface area contributed by atoms with Gasteiger partial charge in [-0.25, -0.2) is 0 Å². The summed E-state index contributed by atoms with van der Waals surface area (Å²) in [6.07, 6.45) is 0. The number of carbonyl (C=O) groups is 1. The van der Waals surface area contributed by atoms with Gasteiger partial charge in [0.2, 0.25) is 11.7 Å². The van der Waals surface area contributed by atoms with E-state index in [0.29, 0.717) is 23.0 Å². The zero-order chi connectivity index (χ0) is 16.9. The zero-order valence-electron chi connectivity index (χ0n) is 13.1. The summed E-state index contributed by atoms with van der Waals surface area (Å²) in [5, 5.41) is 16.7. The molecule has 124 valence electrons. The fraction of sp³-hybridized carbons (Fsp3) is 0.200. The van der Waals surface area contributed by atoms with Crippen LogP contribution in [0.15, 0.2) is 35.7 Å². The van der Waals surface area contributed by atoms with Crippen LogP contribution in [-0.4, -0.2) is 40.3 Å². The molecule has 0 atom stereocenters. The largest absolute Gasteiger partial charge is 0.497 e. The van der Waals surface area contributed by atoms with Gasteiger partial charge in [-0.05, 0) is 28.8 Å². The number of hydrogen-bond acceptors (Lipinski definition) is 7. The molecule has 8 nitrogen and oxygen atoms in total. The molecule has 0 bridgehead atoms. The Morgan fingerprint density at radius 3 is 2.88 bits per heavy atom. The Morgan fingerprint density at radius 2 is 2.17 bits per heavy atom. The first kappa shape index (κ1) is 15.9. The molecule has 0 radical (unpaired) electrons. The van der Waals surface area contributed by atoms with Crippen molar-refractivity contribution in [2.75, 3.05) is 19.5 Å². The van der Waals surface area contributed by atoms with Crippen LogP contribution in [0.25, 0.3) is 10.7 Å². The maximum Gasteiger partial charge on any atom is 0.248 e. The lowest BCUT2D eigenvalue weighted by Crippen LogP contribution is -2.20. The number of carbonyl (C=O) groups excluding carboxylic acids is 1. The van der Waals surface area contributed by atoms with Crippen molar-refractivity contribution in [1.82, 2.24) is 20.2 Å².